The van der Waals surface area contributed by atoms with Gasteiger partial charge in [0, 0.05) is 25.9 Å². The molecule has 1 rings (SSSR count). The molecule has 0 aromatic heterocycles. The Bertz CT molecular complexity index is 410. The van der Waals surface area contributed by atoms with Crippen LogP contribution in [0.4, 0.5) is 10.1 Å². The summed E-state index contributed by atoms with van der Waals surface area (Å²) in [6.07, 6.45) is 0.775. The highest BCUT2D eigenvalue weighted by molar-refractivity contribution is 5.99. The second-order valence-corrected chi connectivity index (χ2v) is 4.10. The molecule has 1 aromatic rings. The Kier molecular flexibility index (Phi) is 7.07. The number of Topliss-reactive ketones (excluding diaryl/α,β-unsaturated/α-hetero) is 1. The van der Waals surface area contributed by atoms with E-state index < -0.39 is 5.82 Å². The molecule has 0 unspecified atom stereocenters. The average molecular weight is 269 g/mol. The van der Waals surface area contributed by atoms with Gasteiger partial charge in [-0.2, -0.15) is 0 Å². The van der Waals surface area contributed by atoms with Crippen LogP contribution in [0.15, 0.2) is 18.2 Å². The van der Waals surface area contributed by atoms with Crippen molar-refractivity contribution in [3.05, 3.63) is 29.6 Å². The van der Waals surface area contributed by atoms with Crippen LogP contribution in [0, 0.1) is 5.82 Å². The van der Waals surface area contributed by atoms with Gasteiger partial charge in [0.2, 0.25) is 0 Å². The number of carbonyl (C=O) groups is 1. The molecule has 0 spiro atoms. The maximum atomic E-state index is 13.5. The van der Waals surface area contributed by atoms with Gasteiger partial charge < -0.3 is 14.8 Å². The van der Waals surface area contributed by atoms with Gasteiger partial charge >= 0.3 is 0 Å². The van der Waals surface area contributed by atoms with Crippen LogP contribution in [0.25, 0.3) is 0 Å². The van der Waals surface area contributed by atoms with Gasteiger partial charge in [-0.1, -0.05) is 6.07 Å². The van der Waals surface area contributed by atoms with E-state index in [4.69, 9.17) is 9.47 Å². The number of halogens is 1. The molecule has 0 heterocycles. The van der Waals surface area contributed by atoms with Crippen LogP contribution in [0.3, 0.4) is 0 Å². The first kappa shape index (κ1) is 15.6. The van der Waals surface area contributed by atoms with Crippen molar-refractivity contribution in [3.63, 3.8) is 0 Å². The second kappa shape index (κ2) is 8.61. The van der Waals surface area contributed by atoms with Crippen molar-refractivity contribution in [3.8, 4) is 0 Å². The van der Waals surface area contributed by atoms with E-state index in [1.165, 1.54) is 13.0 Å². The number of ether oxygens (including phenoxy) is 2. The minimum absolute atomic E-state index is 0.114. The van der Waals surface area contributed by atoms with Crippen LogP contribution < -0.4 is 5.32 Å². The fourth-order valence-corrected chi connectivity index (χ4v) is 1.67. The summed E-state index contributed by atoms with van der Waals surface area (Å²) in [5.74, 6) is -0.772. The Labute approximate surface area is 112 Å². The maximum absolute atomic E-state index is 13.5. The van der Waals surface area contributed by atoms with E-state index >= 15 is 0 Å². The van der Waals surface area contributed by atoms with Gasteiger partial charge in [-0.05, 0) is 25.5 Å². The zero-order valence-corrected chi connectivity index (χ0v) is 11.4. The first-order valence-corrected chi connectivity index (χ1v) is 6.26. The summed E-state index contributed by atoms with van der Waals surface area (Å²) < 4.78 is 23.7. The van der Waals surface area contributed by atoms with E-state index in [9.17, 15) is 9.18 Å². The van der Waals surface area contributed by atoms with Crippen LogP contribution in [-0.2, 0) is 9.47 Å². The van der Waals surface area contributed by atoms with Crippen LogP contribution >= 0.6 is 0 Å². The molecule has 0 aliphatic carbocycles. The number of hydrogen-bond acceptors (Lipinski definition) is 4. The van der Waals surface area contributed by atoms with Crippen molar-refractivity contribution in [2.24, 2.45) is 0 Å². The minimum Gasteiger partial charge on any atom is -0.384 e. The topological polar surface area (TPSA) is 47.6 Å². The van der Waals surface area contributed by atoms with E-state index in [0.29, 0.717) is 32.1 Å². The molecule has 0 bridgehead atoms. The summed E-state index contributed by atoms with van der Waals surface area (Å²) in [7, 11) is 1.62. The van der Waals surface area contributed by atoms with E-state index in [1.54, 1.807) is 19.2 Å². The molecule has 4 nitrogen and oxygen atoms in total. The summed E-state index contributed by atoms with van der Waals surface area (Å²) in [4.78, 5) is 11.4. The van der Waals surface area contributed by atoms with E-state index in [1.807, 2.05) is 0 Å². The first-order chi connectivity index (χ1) is 9.16. The third-order valence-electron chi connectivity index (χ3n) is 2.58. The third kappa shape index (κ3) is 5.36. The summed E-state index contributed by atoms with van der Waals surface area (Å²) >= 11 is 0. The molecule has 0 amide bonds. The molecule has 19 heavy (non-hydrogen) atoms. The molecule has 0 fully saturated rings. The van der Waals surface area contributed by atoms with Crippen molar-refractivity contribution < 1.29 is 18.7 Å². The van der Waals surface area contributed by atoms with Gasteiger partial charge in [0.25, 0.3) is 0 Å². The predicted octanol–water partition coefficient (Wildman–Crippen LogP) is 2.49. The molecular weight excluding hydrogens is 249 g/mol. The lowest BCUT2D eigenvalue weighted by atomic mass is 10.1. The fraction of sp³-hybridized carbons (Fsp3) is 0.500. The monoisotopic (exact) mass is 269 g/mol. The Morgan fingerprint density at radius 1 is 1.32 bits per heavy atom. The van der Waals surface area contributed by atoms with Crippen LogP contribution in [0.5, 0.6) is 0 Å². The minimum atomic E-state index is -0.492. The van der Waals surface area contributed by atoms with E-state index in [0.717, 1.165) is 6.42 Å². The molecule has 0 atom stereocenters. The maximum Gasteiger partial charge on any atom is 0.164 e. The van der Waals surface area contributed by atoms with Crippen molar-refractivity contribution in [2.75, 3.05) is 38.8 Å². The molecule has 0 radical (unpaired) electrons. The van der Waals surface area contributed by atoms with Crippen LogP contribution in [0.2, 0.25) is 0 Å². The average Bonchev–Trinajstić information content (AvgIpc) is 2.37. The van der Waals surface area contributed by atoms with E-state index in [-0.39, 0.29) is 11.3 Å². The highest BCUT2D eigenvalue weighted by atomic mass is 19.1. The lowest BCUT2D eigenvalue weighted by Gasteiger charge is -2.11. The summed E-state index contributed by atoms with van der Waals surface area (Å²) in [6.45, 7) is 3.72. The third-order valence-corrected chi connectivity index (χ3v) is 2.58. The Balaban J connectivity index is 2.37. The molecule has 1 N–H and O–H groups in total. The highest BCUT2D eigenvalue weighted by Crippen LogP contribution is 2.19. The molecule has 5 heteroatoms. The summed E-state index contributed by atoms with van der Waals surface area (Å²) in [6, 6.07) is 4.57. The number of hydrogen-bond donors (Lipinski definition) is 1. The number of rotatable bonds is 9. The number of benzene rings is 1. The van der Waals surface area contributed by atoms with Gasteiger partial charge in [0.05, 0.1) is 18.8 Å². The van der Waals surface area contributed by atoms with Gasteiger partial charge in [-0.25, -0.2) is 4.39 Å². The Morgan fingerprint density at radius 3 is 2.79 bits per heavy atom. The largest absolute Gasteiger partial charge is 0.384 e. The molecule has 0 saturated carbocycles. The first-order valence-electron chi connectivity index (χ1n) is 6.26. The zero-order chi connectivity index (χ0) is 14.1. The van der Waals surface area contributed by atoms with Gasteiger partial charge in [0.15, 0.2) is 5.78 Å². The van der Waals surface area contributed by atoms with Gasteiger partial charge in [-0.3, -0.25) is 4.79 Å². The summed E-state index contributed by atoms with van der Waals surface area (Å²) in [5, 5.41) is 3.05. The molecule has 1 aromatic carbocycles. The van der Waals surface area contributed by atoms with E-state index in [2.05, 4.69) is 5.32 Å². The number of methoxy groups -OCH3 is 1. The smallest absolute Gasteiger partial charge is 0.164 e. The molecule has 0 aliphatic rings. The van der Waals surface area contributed by atoms with Gasteiger partial charge in [0.1, 0.15) is 5.82 Å². The fourth-order valence-electron chi connectivity index (χ4n) is 1.67. The molecular formula is C14H20FNO3. The number of nitrogens with one attached hydrogen (secondary N) is 1. The van der Waals surface area contributed by atoms with Crippen molar-refractivity contribution >= 4 is 11.5 Å². The van der Waals surface area contributed by atoms with Crippen molar-refractivity contribution in [1.29, 1.82) is 0 Å². The Morgan fingerprint density at radius 2 is 2.11 bits per heavy atom. The standard InChI is InChI=1S/C14H20FNO3/c1-11(17)14-12(15)5-3-6-13(14)16-7-4-8-19-10-9-18-2/h3,5-6,16H,4,7-10H2,1-2H3. The molecule has 106 valence electrons. The number of ketones is 1. The van der Waals surface area contributed by atoms with Crippen LogP contribution in [-0.4, -0.2) is 39.3 Å². The highest BCUT2D eigenvalue weighted by Gasteiger charge is 2.11. The molecule has 0 aliphatic heterocycles. The van der Waals surface area contributed by atoms with Gasteiger partial charge in [-0.15, -0.1) is 0 Å². The SMILES string of the molecule is COCCOCCCNc1cccc(F)c1C(C)=O. The van der Waals surface area contributed by atoms with Crippen molar-refractivity contribution in [1.82, 2.24) is 0 Å². The quantitative estimate of drug-likeness (QED) is 0.552. The second-order valence-electron chi connectivity index (χ2n) is 4.10. The van der Waals surface area contributed by atoms with Crippen molar-refractivity contribution in [2.45, 2.75) is 13.3 Å². The van der Waals surface area contributed by atoms with Crippen LogP contribution in [0.1, 0.15) is 23.7 Å². The Hall–Kier alpha value is -1.46. The molecule has 0 saturated heterocycles. The normalized spacial score (nSPS) is 10.5. The number of anilines is 1. The number of carbonyl (C=O) groups excluding carboxylic acids is 1. The zero-order valence-electron chi connectivity index (χ0n) is 11.4. The lowest BCUT2D eigenvalue weighted by molar-refractivity contribution is 0.0705. The summed E-state index contributed by atoms with van der Waals surface area (Å²) in [5.41, 5.74) is 0.646. The predicted molar refractivity (Wildman–Crippen MR) is 72.2 cm³/mol. The lowest BCUT2D eigenvalue weighted by Crippen LogP contribution is -2.11.